The number of carbonyl (C=O) groups is 1. The van der Waals surface area contributed by atoms with E-state index in [-0.39, 0.29) is 5.78 Å². The topological polar surface area (TPSA) is 37.3 Å². The molecule has 0 aromatic rings. The minimum Gasteiger partial charge on any atom is -0.377 e. The van der Waals surface area contributed by atoms with E-state index in [4.69, 9.17) is 0 Å². The maximum atomic E-state index is 11.9. The fourth-order valence-corrected chi connectivity index (χ4v) is 2.51. The molecule has 1 atom stereocenters. The number of hydrogen-bond acceptors (Lipinski definition) is 2. The lowest BCUT2D eigenvalue weighted by Crippen LogP contribution is -2.44. The van der Waals surface area contributed by atoms with Gasteiger partial charge in [-0.05, 0) is 6.42 Å². The molecule has 2 heteroatoms. The molecule has 0 heterocycles. The molecule has 1 fully saturated rings. The summed E-state index contributed by atoms with van der Waals surface area (Å²) in [5, 5.41) is 10.2. The maximum absolute atomic E-state index is 11.9. The predicted octanol–water partition coefficient (Wildman–Crippen LogP) is 1.93. The minimum absolute atomic E-state index is 0.111. The molecule has 0 amide bonds. The molecule has 0 radical (unpaired) electrons. The van der Waals surface area contributed by atoms with Gasteiger partial charge in [-0.2, -0.15) is 0 Å². The van der Waals surface area contributed by atoms with Crippen LogP contribution in [0.4, 0.5) is 0 Å². The largest absolute Gasteiger partial charge is 0.377 e. The SMILES string of the molecule is C=C[C@]1(O)C(=O)C(C)(C)CC1(C)C. The first-order valence-corrected chi connectivity index (χ1v) is 4.58. The first kappa shape index (κ1) is 10.5. The van der Waals surface area contributed by atoms with Crippen molar-refractivity contribution in [2.75, 3.05) is 0 Å². The van der Waals surface area contributed by atoms with Crippen molar-refractivity contribution in [2.45, 2.75) is 39.7 Å². The van der Waals surface area contributed by atoms with Gasteiger partial charge in [-0.15, -0.1) is 0 Å². The Morgan fingerprint density at radius 1 is 1.38 bits per heavy atom. The van der Waals surface area contributed by atoms with E-state index in [2.05, 4.69) is 6.58 Å². The fourth-order valence-electron chi connectivity index (χ4n) is 2.51. The molecule has 1 aliphatic rings. The van der Waals surface area contributed by atoms with Crippen LogP contribution in [0.5, 0.6) is 0 Å². The first-order valence-electron chi connectivity index (χ1n) is 4.58. The van der Waals surface area contributed by atoms with Crippen molar-refractivity contribution in [1.29, 1.82) is 0 Å². The molecule has 0 aliphatic heterocycles. The van der Waals surface area contributed by atoms with E-state index < -0.39 is 16.4 Å². The molecule has 0 aromatic heterocycles. The third kappa shape index (κ3) is 1.16. The molecule has 74 valence electrons. The monoisotopic (exact) mass is 182 g/mol. The van der Waals surface area contributed by atoms with Gasteiger partial charge in [0.2, 0.25) is 0 Å². The van der Waals surface area contributed by atoms with Gasteiger partial charge in [0, 0.05) is 10.8 Å². The average molecular weight is 182 g/mol. The number of carbonyl (C=O) groups excluding carboxylic acids is 1. The quantitative estimate of drug-likeness (QED) is 0.629. The molecule has 0 unspecified atom stereocenters. The summed E-state index contributed by atoms with van der Waals surface area (Å²) in [5.74, 6) is -0.111. The predicted molar refractivity (Wildman–Crippen MR) is 52.3 cm³/mol. The highest BCUT2D eigenvalue weighted by Crippen LogP contribution is 2.52. The van der Waals surface area contributed by atoms with Gasteiger partial charge in [0.15, 0.2) is 5.78 Å². The zero-order chi connectivity index (χ0) is 10.5. The molecule has 0 spiro atoms. The molecule has 0 aromatic carbocycles. The van der Waals surface area contributed by atoms with E-state index in [0.717, 1.165) is 0 Å². The van der Waals surface area contributed by atoms with Crippen molar-refractivity contribution in [1.82, 2.24) is 0 Å². The van der Waals surface area contributed by atoms with Crippen LogP contribution in [0.15, 0.2) is 12.7 Å². The van der Waals surface area contributed by atoms with Crippen molar-refractivity contribution < 1.29 is 9.90 Å². The number of aliphatic hydroxyl groups is 1. The second kappa shape index (κ2) is 2.44. The lowest BCUT2D eigenvalue weighted by molar-refractivity contribution is -0.139. The average Bonchev–Trinajstić information content (AvgIpc) is 2.09. The summed E-state index contributed by atoms with van der Waals surface area (Å²) in [5.41, 5.74) is -2.20. The van der Waals surface area contributed by atoms with E-state index in [9.17, 15) is 9.90 Å². The van der Waals surface area contributed by atoms with E-state index in [1.807, 2.05) is 27.7 Å². The first-order chi connectivity index (χ1) is 5.67. The normalized spacial score (nSPS) is 36.2. The fraction of sp³-hybridized carbons (Fsp3) is 0.727. The lowest BCUT2D eigenvalue weighted by atomic mass is 9.77. The number of ketones is 1. The van der Waals surface area contributed by atoms with Gasteiger partial charge in [-0.1, -0.05) is 40.3 Å². The molecular weight excluding hydrogens is 164 g/mol. The van der Waals surface area contributed by atoms with Crippen LogP contribution >= 0.6 is 0 Å². The van der Waals surface area contributed by atoms with Crippen LogP contribution < -0.4 is 0 Å². The van der Waals surface area contributed by atoms with Gasteiger partial charge >= 0.3 is 0 Å². The highest BCUT2D eigenvalue weighted by molar-refractivity contribution is 5.96. The number of hydrogen-bond donors (Lipinski definition) is 1. The Kier molecular flexibility index (Phi) is 1.96. The molecule has 1 saturated carbocycles. The van der Waals surface area contributed by atoms with Gasteiger partial charge in [0.25, 0.3) is 0 Å². The van der Waals surface area contributed by atoms with Crippen molar-refractivity contribution in [3.8, 4) is 0 Å². The van der Waals surface area contributed by atoms with Crippen LogP contribution in [0.1, 0.15) is 34.1 Å². The Bertz CT molecular complexity index is 263. The van der Waals surface area contributed by atoms with Crippen LogP contribution in [-0.2, 0) is 4.79 Å². The minimum atomic E-state index is -1.35. The van der Waals surface area contributed by atoms with Crippen molar-refractivity contribution in [3.63, 3.8) is 0 Å². The van der Waals surface area contributed by atoms with Crippen LogP contribution in [0.3, 0.4) is 0 Å². The van der Waals surface area contributed by atoms with Crippen LogP contribution in [0.25, 0.3) is 0 Å². The zero-order valence-corrected chi connectivity index (χ0v) is 8.85. The molecule has 0 saturated heterocycles. The Hall–Kier alpha value is -0.630. The van der Waals surface area contributed by atoms with Gasteiger partial charge < -0.3 is 5.11 Å². The molecular formula is C11H18O2. The Balaban J connectivity index is 3.24. The van der Waals surface area contributed by atoms with Crippen molar-refractivity contribution >= 4 is 5.78 Å². The Morgan fingerprint density at radius 2 is 1.85 bits per heavy atom. The van der Waals surface area contributed by atoms with Crippen LogP contribution in [0.2, 0.25) is 0 Å². The van der Waals surface area contributed by atoms with Gasteiger partial charge in [0.1, 0.15) is 5.60 Å². The summed E-state index contributed by atoms with van der Waals surface area (Å²) in [4.78, 5) is 11.9. The van der Waals surface area contributed by atoms with E-state index >= 15 is 0 Å². The summed E-state index contributed by atoms with van der Waals surface area (Å²) in [7, 11) is 0. The Labute approximate surface area is 79.6 Å². The van der Waals surface area contributed by atoms with E-state index in [1.54, 1.807) is 0 Å². The summed E-state index contributed by atoms with van der Waals surface area (Å²) in [6.45, 7) is 11.1. The smallest absolute Gasteiger partial charge is 0.174 e. The zero-order valence-electron chi connectivity index (χ0n) is 8.85. The summed E-state index contributed by atoms with van der Waals surface area (Å²) in [6.07, 6.45) is 2.07. The highest BCUT2D eigenvalue weighted by atomic mass is 16.3. The highest BCUT2D eigenvalue weighted by Gasteiger charge is 2.60. The van der Waals surface area contributed by atoms with E-state index in [0.29, 0.717) is 6.42 Å². The molecule has 0 bridgehead atoms. The van der Waals surface area contributed by atoms with Crippen molar-refractivity contribution in [3.05, 3.63) is 12.7 Å². The van der Waals surface area contributed by atoms with Crippen molar-refractivity contribution in [2.24, 2.45) is 10.8 Å². The summed E-state index contributed by atoms with van der Waals surface area (Å²) >= 11 is 0. The third-order valence-corrected chi connectivity index (χ3v) is 3.17. The van der Waals surface area contributed by atoms with Gasteiger partial charge in [0.05, 0.1) is 0 Å². The second-order valence-electron chi connectivity index (χ2n) is 5.24. The number of rotatable bonds is 1. The van der Waals surface area contributed by atoms with Crippen LogP contribution in [0, 0.1) is 10.8 Å². The lowest BCUT2D eigenvalue weighted by Gasteiger charge is -2.31. The molecule has 2 nitrogen and oxygen atoms in total. The second-order valence-corrected chi connectivity index (χ2v) is 5.24. The van der Waals surface area contributed by atoms with Crippen LogP contribution in [-0.4, -0.2) is 16.5 Å². The molecule has 13 heavy (non-hydrogen) atoms. The molecule has 1 rings (SSSR count). The van der Waals surface area contributed by atoms with Gasteiger partial charge in [-0.3, -0.25) is 4.79 Å². The maximum Gasteiger partial charge on any atom is 0.174 e. The standard InChI is InChI=1S/C11H18O2/c1-6-11(13)8(12)9(2,3)7-10(11,4)5/h6,13H,1,7H2,2-5H3/t11-/m0/s1. The van der Waals surface area contributed by atoms with E-state index in [1.165, 1.54) is 6.08 Å². The molecule has 1 N–H and O–H groups in total. The van der Waals surface area contributed by atoms with Gasteiger partial charge in [-0.25, -0.2) is 0 Å². The third-order valence-electron chi connectivity index (χ3n) is 3.17. The molecule has 1 aliphatic carbocycles. The number of Topliss-reactive ketones (excluding diaryl/α,β-unsaturated/α-hetero) is 1. The summed E-state index contributed by atoms with van der Waals surface area (Å²) < 4.78 is 0. The Morgan fingerprint density at radius 3 is 2.00 bits per heavy atom. The summed E-state index contributed by atoms with van der Waals surface area (Å²) in [6, 6.07) is 0.